The Kier molecular flexibility index (Phi) is 6.21. The predicted molar refractivity (Wildman–Crippen MR) is 80.6 cm³/mol. The predicted octanol–water partition coefficient (Wildman–Crippen LogP) is 3.88. The number of aliphatic hydroxyl groups is 1. The SMILES string of the molecule is CCCC[C@@H](Sc1ccccc1)[C@H]1C[C@@H](CCO)O1. The quantitative estimate of drug-likeness (QED) is 0.733. The van der Waals surface area contributed by atoms with E-state index < -0.39 is 0 Å². The molecule has 1 saturated heterocycles. The van der Waals surface area contributed by atoms with Crippen LogP contribution in [0.15, 0.2) is 35.2 Å². The molecule has 1 aliphatic rings. The third-order valence-electron chi connectivity index (χ3n) is 3.60. The molecule has 1 N–H and O–H groups in total. The lowest BCUT2D eigenvalue weighted by molar-refractivity contribution is -0.130. The van der Waals surface area contributed by atoms with Crippen molar-refractivity contribution in [3.05, 3.63) is 30.3 Å². The lowest BCUT2D eigenvalue weighted by atomic mass is 9.97. The van der Waals surface area contributed by atoms with E-state index in [1.165, 1.54) is 24.2 Å². The maximum atomic E-state index is 8.92. The lowest BCUT2D eigenvalue weighted by Crippen LogP contribution is -2.44. The lowest BCUT2D eigenvalue weighted by Gasteiger charge is -2.40. The van der Waals surface area contributed by atoms with Crippen molar-refractivity contribution in [1.82, 2.24) is 0 Å². The Labute approximate surface area is 120 Å². The molecular formula is C16H24O2S. The Bertz CT molecular complexity index is 349. The fraction of sp³-hybridized carbons (Fsp3) is 0.625. The third kappa shape index (κ3) is 4.51. The van der Waals surface area contributed by atoms with Crippen LogP contribution >= 0.6 is 11.8 Å². The van der Waals surface area contributed by atoms with Gasteiger partial charge in [-0.3, -0.25) is 0 Å². The Morgan fingerprint density at radius 1 is 1.37 bits per heavy atom. The number of rotatable bonds is 8. The molecule has 2 rings (SSSR count). The zero-order valence-electron chi connectivity index (χ0n) is 11.6. The van der Waals surface area contributed by atoms with Crippen molar-refractivity contribution in [2.24, 2.45) is 0 Å². The van der Waals surface area contributed by atoms with Crippen molar-refractivity contribution < 1.29 is 9.84 Å². The van der Waals surface area contributed by atoms with E-state index in [-0.39, 0.29) is 12.7 Å². The van der Waals surface area contributed by atoms with Crippen LogP contribution in [0.25, 0.3) is 0 Å². The number of aliphatic hydroxyl groups excluding tert-OH is 1. The highest BCUT2D eigenvalue weighted by Gasteiger charge is 2.35. The molecule has 3 heteroatoms. The highest BCUT2D eigenvalue weighted by molar-refractivity contribution is 8.00. The van der Waals surface area contributed by atoms with Gasteiger partial charge in [0.25, 0.3) is 0 Å². The summed E-state index contributed by atoms with van der Waals surface area (Å²) < 4.78 is 5.93. The molecule has 19 heavy (non-hydrogen) atoms. The molecule has 0 amide bonds. The van der Waals surface area contributed by atoms with Crippen molar-refractivity contribution in [1.29, 1.82) is 0 Å². The molecule has 0 aliphatic carbocycles. The Morgan fingerprint density at radius 3 is 2.74 bits per heavy atom. The van der Waals surface area contributed by atoms with Crippen LogP contribution in [0.1, 0.15) is 39.0 Å². The average molecular weight is 280 g/mol. The molecule has 3 atom stereocenters. The number of hydrogen-bond donors (Lipinski definition) is 1. The normalized spacial score (nSPS) is 23.9. The van der Waals surface area contributed by atoms with Crippen LogP contribution in [0.5, 0.6) is 0 Å². The summed E-state index contributed by atoms with van der Waals surface area (Å²) in [6.45, 7) is 2.48. The molecule has 0 spiro atoms. The summed E-state index contributed by atoms with van der Waals surface area (Å²) >= 11 is 1.95. The second kappa shape index (κ2) is 7.93. The molecule has 106 valence electrons. The van der Waals surface area contributed by atoms with Crippen molar-refractivity contribution in [3.63, 3.8) is 0 Å². The second-order valence-electron chi connectivity index (χ2n) is 5.16. The van der Waals surface area contributed by atoms with Crippen LogP contribution in [0, 0.1) is 0 Å². The number of unbranched alkanes of at least 4 members (excludes halogenated alkanes) is 1. The first kappa shape index (κ1) is 14.9. The highest BCUT2D eigenvalue weighted by atomic mass is 32.2. The minimum Gasteiger partial charge on any atom is -0.396 e. The Morgan fingerprint density at radius 2 is 2.11 bits per heavy atom. The summed E-state index contributed by atoms with van der Waals surface area (Å²) in [7, 11) is 0. The van der Waals surface area contributed by atoms with Crippen molar-refractivity contribution in [2.75, 3.05) is 6.61 Å². The smallest absolute Gasteiger partial charge is 0.0725 e. The molecule has 1 aromatic carbocycles. The first-order valence-corrected chi connectivity index (χ1v) is 8.19. The van der Waals surface area contributed by atoms with Gasteiger partial charge in [0.15, 0.2) is 0 Å². The van der Waals surface area contributed by atoms with E-state index in [4.69, 9.17) is 9.84 Å². The fourth-order valence-electron chi connectivity index (χ4n) is 2.46. The Hall–Kier alpha value is -0.510. The van der Waals surface area contributed by atoms with E-state index in [9.17, 15) is 0 Å². The molecule has 1 fully saturated rings. The van der Waals surface area contributed by atoms with E-state index in [0.29, 0.717) is 11.4 Å². The van der Waals surface area contributed by atoms with E-state index in [2.05, 4.69) is 37.3 Å². The maximum absolute atomic E-state index is 8.92. The number of benzene rings is 1. The summed E-state index contributed by atoms with van der Waals surface area (Å²) in [5.74, 6) is 0. The maximum Gasteiger partial charge on any atom is 0.0725 e. The van der Waals surface area contributed by atoms with E-state index in [0.717, 1.165) is 12.8 Å². The van der Waals surface area contributed by atoms with Gasteiger partial charge in [-0.05, 0) is 25.0 Å². The highest BCUT2D eigenvalue weighted by Crippen LogP contribution is 2.37. The molecule has 2 nitrogen and oxygen atoms in total. The van der Waals surface area contributed by atoms with Gasteiger partial charge in [-0.15, -0.1) is 11.8 Å². The summed E-state index contributed by atoms with van der Waals surface area (Å²) in [6.07, 6.45) is 6.26. The standard InChI is InChI=1S/C16H24O2S/c1-2-3-9-16(15-12-13(18-15)10-11-17)19-14-7-5-4-6-8-14/h4-8,13,15-17H,2-3,9-12H2,1H3/t13-,15-,16-/m1/s1. The van der Waals surface area contributed by atoms with Crippen LogP contribution in [0.3, 0.4) is 0 Å². The molecule has 0 unspecified atom stereocenters. The molecule has 1 aromatic rings. The molecule has 1 aliphatic heterocycles. The van der Waals surface area contributed by atoms with Crippen molar-refractivity contribution >= 4 is 11.8 Å². The monoisotopic (exact) mass is 280 g/mol. The molecule has 1 heterocycles. The van der Waals surface area contributed by atoms with Gasteiger partial charge < -0.3 is 9.84 Å². The van der Waals surface area contributed by atoms with Crippen LogP contribution < -0.4 is 0 Å². The summed E-state index contributed by atoms with van der Waals surface area (Å²) in [5.41, 5.74) is 0. The van der Waals surface area contributed by atoms with Gasteiger partial charge in [0.1, 0.15) is 0 Å². The van der Waals surface area contributed by atoms with Crippen LogP contribution in [-0.2, 0) is 4.74 Å². The van der Waals surface area contributed by atoms with E-state index in [1.54, 1.807) is 0 Å². The third-order valence-corrected chi connectivity index (χ3v) is 4.99. The zero-order valence-corrected chi connectivity index (χ0v) is 12.4. The van der Waals surface area contributed by atoms with Gasteiger partial charge in [-0.2, -0.15) is 0 Å². The average Bonchev–Trinajstić information content (AvgIpc) is 2.40. The molecule has 0 saturated carbocycles. The van der Waals surface area contributed by atoms with Gasteiger partial charge >= 0.3 is 0 Å². The van der Waals surface area contributed by atoms with Gasteiger partial charge in [0.05, 0.1) is 12.2 Å². The topological polar surface area (TPSA) is 29.5 Å². The van der Waals surface area contributed by atoms with Crippen LogP contribution in [0.4, 0.5) is 0 Å². The zero-order chi connectivity index (χ0) is 13.5. The fourth-order valence-corrected chi connectivity index (χ4v) is 3.74. The Balaban J connectivity index is 1.86. The second-order valence-corrected chi connectivity index (χ2v) is 6.47. The van der Waals surface area contributed by atoms with Crippen molar-refractivity contribution in [2.45, 2.75) is 61.4 Å². The van der Waals surface area contributed by atoms with Crippen molar-refractivity contribution in [3.8, 4) is 0 Å². The number of ether oxygens (including phenoxy) is 1. The first-order chi connectivity index (χ1) is 9.33. The van der Waals surface area contributed by atoms with E-state index >= 15 is 0 Å². The number of thioether (sulfide) groups is 1. The van der Waals surface area contributed by atoms with Crippen LogP contribution in [0.2, 0.25) is 0 Å². The molecule has 0 radical (unpaired) electrons. The van der Waals surface area contributed by atoms with Gasteiger partial charge in [0.2, 0.25) is 0 Å². The molecular weight excluding hydrogens is 256 g/mol. The van der Waals surface area contributed by atoms with Crippen LogP contribution in [-0.4, -0.2) is 29.2 Å². The molecule has 0 aromatic heterocycles. The minimum absolute atomic E-state index is 0.239. The minimum atomic E-state index is 0.239. The summed E-state index contributed by atoms with van der Waals surface area (Å²) in [5, 5.41) is 9.47. The number of hydrogen-bond acceptors (Lipinski definition) is 3. The van der Waals surface area contributed by atoms with Gasteiger partial charge in [-0.1, -0.05) is 38.0 Å². The summed E-state index contributed by atoms with van der Waals surface area (Å²) in [4.78, 5) is 1.33. The van der Waals surface area contributed by atoms with Gasteiger partial charge in [0, 0.05) is 23.2 Å². The summed E-state index contributed by atoms with van der Waals surface area (Å²) in [6, 6.07) is 10.6. The van der Waals surface area contributed by atoms with E-state index in [1.807, 2.05) is 11.8 Å². The molecule has 0 bridgehead atoms. The first-order valence-electron chi connectivity index (χ1n) is 7.31. The van der Waals surface area contributed by atoms with Gasteiger partial charge in [-0.25, -0.2) is 0 Å². The largest absolute Gasteiger partial charge is 0.396 e.